The van der Waals surface area contributed by atoms with Gasteiger partial charge in [-0.3, -0.25) is 4.79 Å². The molecule has 0 heterocycles. The molecule has 1 unspecified atom stereocenters. The van der Waals surface area contributed by atoms with E-state index in [1.165, 1.54) is 0 Å². The predicted octanol–water partition coefficient (Wildman–Crippen LogP) is 1.98. The van der Waals surface area contributed by atoms with Gasteiger partial charge in [-0.1, -0.05) is 0 Å². The van der Waals surface area contributed by atoms with Gasteiger partial charge in [0.2, 0.25) is 5.24 Å². The van der Waals surface area contributed by atoms with Crippen LogP contribution >= 0.6 is 11.6 Å². The highest BCUT2D eigenvalue weighted by molar-refractivity contribution is 6.65. The van der Waals surface area contributed by atoms with Gasteiger partial charge in [-0.15, -0.1) is 0 Å². The largest absolute Gasteiger partial charge is 0.508 e. The van der Waals surface area contributed by atoms with E-state index in [1.807, 2.05) is 0 Å². The number of hydrogen-bond donors (Lipinski definition) is 1. The molecule has 1 N–H and O–H groups in total. The lowest BCUT2D eigenvalue weighted by atomic mass is 10.2. The van der Waals surface area contributed by atoms with Crippen molar-refractivity contribution in [1.82, 2.24) is 0 Å². The van der Waals surface area contributed by atoms with Gasteiger partial charge in [-0.25, -0.2) is 0 Å². The second-order valence-corrected chi connectivity index (χ2v) is 3.48. The van der Waals surface area contributed by atoms with Crippen molar-refractivity contribution in [3.63, 3.8) is 0 Å². The number of halogens is 1. The number of nitrogens with zero attached hydrogens (tertiary/aromatic N) is 1. The number of carbonyl (C=O) groups excluding carboxylic acids is 1. The molecule has 0 aliphatic rings. The molecule has 76 valence electrons. The van der Waals surface area contributed by atoms with Crippen LogP contribution in [0.1, 0.15) is 6.92 Å². The molecule has 0 aromatic heterocycles. The molecule has 1 rings (SSSR count). The van der Waals surface area contributed by atoms with Crippen molar-refractivity contribution >= 4 is 22.5 Å². The fourth-order valence-electron chi connectivity index (χ4n) is 1.06. The minimum atomic E-state index is -0.402. The van der Waals surface area contributed by atoms with E-state index in [4.69, 9.17) is 16.7 Å². The lowest BCUT2D eigenvalue weighted by Crippen LogP contribution is -2.33. The maximum Gasteiger partial charge on any atom is 0.243 e. The highest BCUT2D eigenvalue weighted by Gasteiger charge is 2.15. The van der Waals surface area contributed by atoms with Crippen LogP contribution in [0.2, 0.25) is 0 Å². The van der Waals surface area contributed by atoms with Crippen LogP contribution in [0.4, 0.5) is 5.69 Å². The summed E-state index contributed by atoms with van der Waals surface area (Å²) in [4.78, 5) is 12.6. The molecule has 0 amide bonds. The topological polar surface area (TPSA) is 40.5 Å². The molecule has 0 bridgehead atoms. The monoisotopic (exact) mass is 213 g/mol. The summed E-state index contributed by atoms with van der Waals surface area (Å²) in [5, 5.41) is 8.67. The van der Waals surface area contributed by atoms with Crippen molar-refractivity contribution in [2.24, 2.45) is 0 Å². The van der Waals surface area contributed by atoms with Crippen molar-refractivity contribution in [1.29, 1.82) is 0 Å². The first kappa shape index (κ1) is 10.9. The summed E-state index contributed by atoms with van der Waals surface area (Å²) in [5.74, 6) is 0.201. The average molecular weight is 214 g/mol. The van der Waals surface area contributed by atoms with Gasteiger partial charge >= 0.3 is 0 Å². The Morgan fingerprint density at radius 1 is 1.43 bits per heavy atom. The van der Waals surface area contributed by atoms with E-state index in [1.54, 1.807) is 43.1 Å². The number of carbonyl (C=O) groups is 1. The number of anilines is 1. The van der Waals surface area contributed by atoms with Crippen LogP contribution in [-0.4, -0.2) is 23.4 Å². The number of phenols is 1. The molecule has 0 spiro atoms. The zero-order chi connectivity index (χ0) is 10.7. The summed E-state index contributed by atoms with van der Waals surface area (Å²) in [6.07, 6.45) is 0. The summed E-state index contributed by atoms with van der Waals surface area (Å²) >= 11 is 5.37. The average Bonchev–Trinajstić information content (AvgIpc) is 2.16. The Morgan fingerprint density at radius 3 is 2.36 bits per heavy atom. The minimum absolute atomic E-state index is 0.201. The second kappa shape index (κ2) is 4.33. The van der Waals surface area contributed by atoms with E-state index in [0.29, 0.717) is 0 Å². The molecule has 0 aliphatic carbocycles. The van der Waals surface area contributed by atoms with Crippen LogP contribution in [0.5, 0.6) is 5.75 Å². The SMILES string of the molecule is CC(C(=O)Cl)N(C)c1ccc(O)cc1. The Bertz CT molecular complexity index is 323. The van der Waals surface area contributed by atoms with E-state index in [0.717, 1.165) is 5.69 Å². The Balaban J connectivity index is 2.84. The zero-order valence-electron chi connectivity index (χ0n) is 8.07. The summed E-state index contributed by atoms with van der Waals surface area (Å²) < 4.78 is 0. The first-order chi connectivity index (χ1) is 6.52. The van der Waals surface area contributed by atoms with Crippen LogP contribution in [0.25, 0.3) is 0 Å². The van der Waals surface area contributed by atoms with Crippen molar-refractivity contribution in [3.8, 4) is 5.75 Å². The molecule has 0 saturated heterocycles. The number of phenolic OH excluding ortho intramolecular Hbond substituents is 1. The summed E-state index contributed by atoms with van der Waals surface area (Å²) in [5.41, 5.74) is 0.837. The lowest BCUT2D eigenvalue weighted by Gasteiger charge is -2.23. The third-order valence-electron chi connectivity index (χ3n) is 2.17. The summed E-state index contributed by atoms with van der Waals surface area (Å²) in [6, 6.07) is 6.22. The molecule has 1 aromatic rings. The number of rotatable bonds is 3. The molecular formula is C10H12ClNO2. The molecule has 0 aliphatic heterocycles. The number of hydrogen-bond acceptors (Lipinski definition) is 3. The molecular weight excluding hydrogens is 202 g/mol. The second-order valence-electron chi connectivity index (χ2n) is 3.11. The Morgan fingerprint density at radius 2 is 1.93 bits per heavy atom. The quantitative estimate of drug-likeness (QED) is 0.781. The first-order valence-electron chi connectivity index (χ1n) is 4.23. The normalized spacial score (nSPS) is 12.2. The van der Waals surface area contributed by atoms with Gasteiger partial charge < -0.3 is 10.0 Å². The van der Waals surface area contributed by atoms with Gasteiger partial charge in [0, 0.05) is 12.7 Å². The molecule has 1 aromatic carbocycles. The molecule has 0 radical (unpaired) electrons. The standard InChI is InChI=1S/C10H12ClNO2/c1-7(10(11)14)12(2)8-3-5-9(13)6-4-8/h3-7,13H,1-2H3. The van der Waals surface area contributed by atoms with Crippen LogP contribution < -0.4 is 4.90 Å². The van der Waals surface area contributed by atoms with Gasteiger partial charge in [-0.05, 0) is 42.8 Å². The molecule has 0 fully saturated rings. The molecule has 14 heavy (non-hydrogen) atoms. The zero-order valence-corrected chi connectivity index (χ0v) is 8.82. The first-order valence-corrected chi connectivity index (χ1v) is 4.61. The van der Waals surface area contributed by atoms with Crippen molar-refractivity contribution in [2.75, 3.05) is 11.9 Å². The maximum absolute atomic E-state index is 10.9. The third kappa shape index (κ3) is 2.39. The summed E-state index contributed by atoms with van der Waals surface area (Å²) in [7, 11) is 1.78. The van der Waals surface area contributed by atoms with Gasteiger partial charge in [0.1, 0.15) is 5.75 Å². The van der Waals surface area contributed by atoms with E-state index >= 15 is 0 Å². The van der Waals surface area contributed by atoms with Gasteiger partial charge in [0.05, 0.1) is 6.04 Å². The van der Waals surface area contributed by atoms with Gasteiger partial charge in [0.15, 0.2) is 0 Å². The molecule has 3 nitrogen and oxygen atoms in total. The number of benzene rings is 1. The third-order valence-corrected chi connectivity index (χ3v) is 2.48. The van der Waals surface area contributed by atoms with Crippen LogP contribution in [0.15, 0.2) is 24.3 Å². The fourth-order valence-corrected chi connectivity index (χ4v) is 1.21. The van der Waals surface area contributed by atoms with Crippen LogP contribution in [0, 0.1) is 0 Å². The number of aromatic hydroxyl groups is 1. The Hall–Kier alpha value is -1.22. The minimum Gasteiger partial charge on any atom is -0.508 e. The Kier molecular flexibility index (Phi) is 3.36. The van der Waals surface area contributed by atoms with Gasteiger partial charge in [0.25, 0.3) is 0 Å². The highest BCUT2D eigenvalue weighted by Crippen LogP contribution is 2.19. The summed E-state index contributed by atoms with van der Waals surface area (Å²) in [6.45, 7) is 1.72. The van der Waals surface area contributed by atoms with Crippen molar-refractivity contribution in [3.05, 3.63) is 24.3 Å². The maximum atomic E-state index is 10.9. The Labute approximate surface area is 87.9 Å². The van der Waals surface area contributed by atoms with E-state index in [2.05, 4.69) is 0 Å². The van der Waals surface area contributed by atoms with Gasteiger partial charge in [-0.2, -0.15) is 0 Å². The van der Waals surface area contributed by atoms with Crippen LogP contribution in [-0.2, 0) is 4.79 Å². The lowest BCUT2D eigenvalue weighted by molar-refractivity contribution is -0.112. The highest BCUT2D eigenvalue weighted by atomic mass is 35.5. The van der Waals surface area contributed by atoms with E-state index < -0.39 is 5.24 Å². The molecule has 0 saturated carbocycles. The number of likely N-dealkylation sites (N-methyl/N-ethyl adjacent to an activating group) is 1. The smallest absolute Gasteiger partial charge is 0.243 e. The van der Waals surface area contributed by atoms with Crippen molar-refractivity contribution in [2.45, 2.75) is 13.0 Å². The van der Waals surface area contributed by atoms with E-state index in [-0.39, 0.29) is 11.8 Å². The fraction of sp³-hybridized carbons (Fsp3) is 0.300. The van der Waals surface area contributed by atoms with Crippen molar-refractivity contribution < 1.29 is 9.90 Å². The van der Waals surface area contributed by atoms with Crippen LogP contribution in [0.3, 0.4) is 0 Å². The molecule has 1 atom stereocenters. The van der Waals surface area contributed by atoms with E-state index in [9.17, 15) is 4.79 Å². The molecule has 4 heteroatoms. The predicted molar refractivity (Wildman–Crippen MR) is 56.8 cm³/mol.